The Morgan fingerprint density at radius 2 is 1.89 bits per heavy atom. The summed E-state index contributed by atoms with van der Waals surface area (Å²) in [7, 11) is 0. The molecule has 1 fully saturated rings. The largest absolute Gasteiger partial charge is 0.395 e. The highest BCUT2D eigenvalue weighted by Crippen LogP contribution is 2.28. The van der Waals surface area contributed by atoms with Crippen molar-refractivity contribution in [2.24, 2.45) is 0 Å². The molecular formula is C13H21N3OS. The minimum atomic E-state index is 0.277. The van der Waals surface area contributed by atoms with Gasteiger partial charge in [-0.2, -0.15) is 0 Å². The van der Waals surface area contributed by atoms with Crippen LogP contribution in [0.25, 0.3) is 0 Å². The summed E-state index contributed by atoms with van der Waals surface area (Å²) in [6, 6.07) is 0. The van der Waals surface area contributed by atoms with Crippen LogP contribution < -0.4 is 0 Å². The minimum absolute atomic E-state index is 0.277. The van der Waals surface area contributed by atoms with Crippen LogP contribution in [0.2, 0.25) is 0 Å². The first-order chi connectivity index (χ1) is 8.85. The molecule has 0 amide bonds. The summed E-state index contributed by atoms with van der Waals surface area (Å²) in [5.41, 5.74) is 1.37. The first-order valence-electron chi connectivity index (χ1n) is 6.88. The summed E-state index contributed by atoms with van der Waals surface area (Å²) in [5.74, 6) is 0. The third-order valence-corrected chi connectivity index (χ3v) is 5.02. The molecule has 0 radical (unpaired) electrons. The van der Waals surface area contributed by atoms with E-state index in [1.807, 2.05) is 11.3 Å². The zero-order chi connectivity index (χ0) is 12.4. The van der Waals surface area contributed by atoms with E-state index in [0.29, 0.717) is 0 Å². The molecule has 0 unspecified atom stereocenters. The van der Waals surface area contributed by atoms with Gasteiger partial charge in [-0.05, 0) is 19.3 Å². The highest BCUT2D eigenvalue weighted by Gasteiger charge is 2.20. The maximum Gasteiger partial charge on any atom is 0.107 e. The number of fused-ring (bicyclic) bond motifs is 1. The van der Waals surface area contributed by atoms with Crippen LogP contribution in [0, 0.1) is 0 Å². The number of thiazole rings is 1. The van der Waals surface area contributed by atoms with E-state index in [1.54, 1.807) is 0 Å². The molecule has 2 heterocycles. The Morgan fingerprint density at radius 1 is 1.11 bits per heavy atom. The maximum atomic E-state index is 8.92. The number of hydrogen-bond donors (Lipinski definition) is 1. The van der Waals surface area contributed by atoms with Crippen molar-refractivity contribution in [3.63, 3.8) is 0 Å². The topological polar surface area (TPSA) is 39.6 Å². The molecule has 0 saturated carbocycles. The molecular weight excluding hydrogens is 246 g/mol. The highest BCUT2D eigenvalue weighted by atomic mass is 32.1. The standard InChI is InChI=1S/C13H21N3OS/c17-9-8-15-4-6-16(7-5-15)10-13-14-11-2-1-3-12(11)18-13/h17H,1-10H2. The first kappa shape index (κ1) is 12.5. The lowest BCUT2D eigenvalue weighted by Gasteiger charge is -2.33. The van der Waals surface area contributed by atoms with Crippen molar-refractivity contribution < 1.29 is 5.11 Å². The number of aryl methyl sites for hydroxylation is 2. The Hall–Kier alpha value is -0.490. The summed E-state index contributed by atoms with van der Waals surface area (Å²) < 4.78 is 0. The van der Waals surface area contributed by atoms with Crippen molar-refractivity contribution in [1.29, 1.82) is 0 Å². The Bertz CT molecular complexity index is 377. The van der Waals surface area contributed by atoms with Gasteiger partial charge in [0.15, 0.2) is 0 Å². The van der Waals surface area contributed by atoms with E-state index in [0.717, 1.165) is 39.3 Å². The van der Waals surface area contributed by atoms with Gasteiger partial charge < -0.3 is 5.11 Å². The average Bonchev–Trinajstić information content (AvgIpc) is 2.92. The molecule has 100 valence electrons. The van der Waals surface area contributed by atoms with Gasteiger partial charge in [0.05, 0.1) is 18.8 Å². The SMILES string of the molecule is OCCN1CCN(Cc2nc3c(s2)CCC3)CC1. The molecule has 5 heteroatoms. The predicted octanol–water partition coefficient (Wildman–Crippen LogP) is 0.742. The van der Waals surface area contributed by atoms with Gasteiger partial charge >= 0.3 is 0 Å². The molecule has 1 saturated heterocycles. The van der Waals surface area contributed by atoms with Gasteiger partial charge in [-0.15, -0.1) is 11.3 Å². The van der Waals surface area contributed by atoms with Gasteiger partial charge in [-0.3, -0.25) is 9.80 Å². The van der Waals surface area contributed by atoms with E-state index in [4.69, 9.17) is 10.1 Å². The predicted molar refractivity (Wildman–Crippen MR) is 72.9 cm³/mol. The summed E-state index contributed by atoms with van der Waals surface area (Å²) >= 11 is 1.92. The van der Waals surface area contributed by atoms with Gasteiger partial charge in [0, 0.05) is 37.6 Å². The van der Waals surface area contributed by atoms with Crippen LogP contribution in [0.5, 0.6) is 0 Å². The molecule has 0 atom stereocenters. The van der Waals surface area contributed by atoms with E-state index < -0.39 is 0 Å². The van der Waals surface area contributed by atoms with Crippen molar-refractivity contribution >= 4 is 11.3 Å². The van der Waals surface area contributed by atoms with Crippen molar-refractivity contribution in [3.05, 3.63) is 15.6 Å². The fraction of sp³-hybridized carbons (Fsp3) is 0.769. The van der Waals surface area contributed by atoms with E-state index in [2.05, 4.69) is 9.80 Å². The first-order valence-corrected chi connectivity index (χ1v) is 7.70. The quantitative estimate of drug-likeness (QED) is 0.873. The third-order valence-electron chi connectivity index (χ3n) is 3.88. The monoisotopic (exact) mass is 267 g/mol. The van der Waals surface area contributed by atoms with Crippen LogP contribution in [0.1, 0.15) is 22.0 Å². The smallest absolute Gasteiger partial charge is 0.107 e. The number of aliphatic hydroxyl groups is 1. The van der Waals surface area contributed by atoms with Crippen LogP contribution in [0.15, 0.2) is 0 Å². The van der Waals surface area contributed by atoms with Gasteiger partial charge in [0.2, 0.25) is 0 Å². The average molecular weight is 267 g/mol. The lowest BCUT2D eigenvalue weighted by atomic mass is 10.3. The fourth-order valence-electron chi connectivity index (χ4n) is 2.82. The highest BCUT2D eigenvalue weighted by molar-refractivity contribution is 7.11. The molecule has 0 bridgehead atoms. The second kappa shape index (κ2) is 5.65. The molecule has 0 spiro atoms. The molecule has 1 aromatic rings. The number of aromatic nitrogens is 1. The second-order valence-electron chi connectivity index (χ2n) is 5.17. The molecule has 1 aliphatic carbocycles. The normalized spacial score (nSPS) is 21.4. The van der Waals surface area contributed by atoms with E-state index in [-0.39, 0.29) is 6.61 Å². The molecule has 2 aliphatic rings. The van der Waals surface area contributed by atoms with E-state index >= 15 is 0 Å². The number of aliphatic hydroxyl groups excluding tert-OH is 1. The minimum Gasteiger partial charge on any atom is -0.395 e. The molecule has 1 aliphatic heterocycles. The second-order valence-corrected chi connectivity index (χ2v) is 6.34. The zero-order valence-corrected chi connectivity index (χ0v) is 11.6. The fourth-order valence-corrected chi connectivity index (χ4v) is 4.01. The van der Waals surface area contributed by atoms with Crippen molar-refractivity contribution in [2.45, 2.75) is 25.8 Å². The van der Waals surface area contributed by atoms with Crippen LogP contribution in [0.3, 0.4) is 0 Å². The summed E-state index contributed by atoms with van der Waals surface area (Å²) in [6.07, 6.45) is 3.74. The Labute approximate surface area is 112 Å². The van der Waals surface area contributed by atoms with Crippen LogP contribution in [-0.2, 0) is 19.4 Å². The number of rotatable bonds is 4. The number of hydrogen-bond acceptors (Lipinski definition) is 5. The van der Waals surface area contributed by atoms with Gasteiger partial charge in [0.25, 0.3) is 0 Å². The van der Waals surface area contributed by atoms with Crippen LogP contribution in [-0.4, -0.2) is 59.2 Å². The van der Waals surface area contributed by atoms with Crippen molar-refractivity contribution in [3.8, 4) is 0 Å². The van der Waals surface area contributed by atoms with Gasteiger partial charge in [-0.1, -0.05) is 0 Å². The molecule has 1 N–H and O–H groups in total. The van der Waals surface area contributed by atoms with Gasteiger partial charge in [0.1, 0.15) is 5.01 Å². The van der Waals surface area contributed by atoms with E-state index in [1.165, 1.54) is 34.8 Å². The summed E-state index contributed by atoms with van der Waals surface area (Å²) in [4.78, 5) is 11.1. The number of piperazine rings is 1. The zero-order valence-electron chi connectivity index (χ0n) is 10.8. The molecule has 18 heavy (non-hydrogen) atoms. The lowest BCUT2D eigenvalue weighted by Crippen LogP contribution is -2.46. The molecule has 3 rings (SSSR count). The summed E-state index contributed by atoms with van der Waals surface area (Å²) in [6.45, 7) is 6.47. The third kappa shape index (κ3) is 2.74. The van der Waals surface area contributed by atoms with Crippen molar-refractivity contribution in [2.75, 3.05) is 39.3 Å². The number of nitrogens with zero attached hydrogens (tertiary/aromatic N) is 3. The van der Waals surface area contributed by atoms with E-state index in [9.17, 15) is 0 Å². The van der Waals surface area contributed by atoms with Crippen LogP contribution in [0.4, 0.5) is 0 Å². The summed E-state index contributed by atoms with van der Waals surface area (Å²) in [5, 5.41) is 10.2. The molecule has 0 aromatic carbocycles. The van der Waals surface area contributed by atoms with Crippen molar-refractivity contribution in [1.82, 2.24) is 14.8 Å². The Kier molecular flexibility index (Phi) is 3.94. The maximum absolute atomic E-state index is 8.92. The number of β-amino-alcohol motifs (C(OH)–C–C–N with tert-alkyl or cyclic N) is 1. The Morgan fingerprint density at radius 3 is 2.61 bits per heavy atom. The molecule has 1 aromatic heterocycles. The van der Waals surface area contributed by atoms with Gasteiger partial charge in [-0.25, -0.2) is 4.98 Å². The van der Waals surface area contributed by atoms with Crippen LogP contribution >= 0.6 is 11.3 Å². The lowest BCUT2D eigenvalue weighted by molar-refractivity contribution is 0.108. The molecule has 4 nitrogen and oxygen atoms in total. The Balaban J connectivity index is 1.51.